The molecule has 0 unspecified atom stereocenters. The third kappa shape index (κ3) is 2.88. The van der Waals surface area contributed by atoms with E-state index < -0.39 is 0 Å². The number of hydrogen-bond acceptors (Lipinski definition) is 5. The van der Waals surface area contributed by atoms with Gasteiger partial charge in [0, 0.05) is 11.4 Å². The van der Waals surface area contributed by atoms with Crippen LogP contribution in [0.15, 0.2) is 29.1 Å². The number of anilines is 1. The summed E-state index contributed by atoms with van der Waals surface area (Å²) in [5.74, 6) is 1.54. The highest BCUT2D eigenvalue weighted by Gasteiger charge is 2.04. The van der Waals surface area contributed by atoms with Crippen LogP contribution in [0.4, 0.5) is 5.69 Å². The lowest BCUT2D eigenvalue weighted by molar-refractivity contribution is 0.395. The Morgan fingerprint density at radius 1 is 1.29 bits per heavy atom. The Bertz CT molecular complexity index is 471. The van der Waals surface area contributed by atoms with Gasteiger partial charge in [0.1, 0.15) is 11.5 Å². The molecule has 0 saturated heterocycles. The smallest absolute Gasteiger partial charge is 0.145 e. The maximum atomic E-state index is 5.30. The third-order valence-corrected chi connectivity index (χ3v) is 2.99. The van der Waals surface area contributed by atoms with Crippen LogP contribution >= 0.6 is 11.3 Å². The number of benzene rings is 1. The van der Waals surface area contributed by atoms with E-state index in [0.29, 0.717) is 6.54 Å². The van der Waals surface area contributed by atoms with Crippen LogP contribution in [0.1, 0.15) is 5.69 Å². The summed E-state index contributed by atoms with van der Waals surface area (Å²) in [7, 11) is 3.28. The summed E-state index contributed by atoms with van der Waals surface area (Å²) in [6.07, 6.45) is 0. The van der Waals surface area contributed by atoms with Gasteiger partial charge < -0.3 is 14.8 Å². The molecule has 0 aliphatic carbocycles. The van der Waals surface area contributed by atoms with Crippen LogP contribution < -0.4 is 14.8 Å². The van der Waals surface area contributed by atoms with Gasteiger partial charge in [-0.2, -0.15) is 0 Å². The maximum Gasteiger partial charge on any atom is 0.145 e. The molecular formula is C12H14N2O2S. The normalized spacial score (nSPS) is 10.0. The average molecular weight is 250 g/mol. The third-order valence-electron chi connectivity index (χ3n) is 2.35. The molecule has 4 nitrogen and oxygen atoms in total. The summed E-state index contributed by atoms with van der Waals surface area (Å²) < 4.78 is 10.4. The molecule has 0 fully saturated rings. The summed E-state index contributed by atoms with van der Waals surface area (Å²) in [5.41, 5.74) is 3.77. The van der Waals surface area contributed by atoms with Gasteiger partial charge >= 0.3 is 0 Å². The van der Waals surface area contributed by atoms with Crippen LogP contribution in [0.25, 0.3) is 0 Å². The van der Waals surface area contributed by atoms with Gasteiger partial charge in [-0.3, -0.25) is 0 Å². The van der Waals surface area contributed by atoms with Crippen LogP contribution in [-0.4, -0.2) is 19.2 Å². The predicted octanol–water partition coefficient (Wildman–Crippen LogP) is 2.77. The molecule has 1 aromatic carbocycles. The first-order valence-electron chi connectivity index (χ1n) is 5.16. The minimum Gasteiger partial charge on any atom is -0.497 e. The molecule has 0 spiro atoms. The molecule has 1 aromatic heterocycles. The van der Waals surface area contributed by atoms with E-state index in [1.807, 2.05) is 29.1 Å². The largest absolute Gasteiger partial charge is 0.497 e. The van der Waals surface area contributed by atoms with Crippen molar-refractivity contribution in [2.45, 2.75) is 6.54 Å². The Balaban J connectivity index is 2.09. The standard InChI is InChI=1S/C12H14N2O2S/c1-15-10-3-4-11(12(5-10)16-2)13-6-9-7-17-8-14-9/h3-5,7-8,13H,6H2,1-2H3. The molecule has 90 valence electrons. The van der Waals surface area contributed by atoms with E-state index in [4.69, 9.17) is 9.47 Å². The van der Waals surface area contributed by atoms with Gasteiger partial charge in [0.25, 0.3) is 0 Å². The van der Waals surface area contributed by atoms with E-state index in [-0.39, 0.29) is 0 Å². The first kappa shape index (κ1) is 11.7. The Morgan fingerprint density at radius 2 is 2.18 bits per heavy atom. The molecule has 0 radical (unpaired) electrons. The Hall–Kier alpha value is -1.75. The van der Waals surface area contributed by atoms with E-state index in [1.165, 1.54) is 0 Å². The molecule has 2 aromatic rings. The number of ether oxygens (including phenoxy) is 2. The molecule has 0 atom stereocenters. The van der Waals surface area contributed by atoms with Crippen LogP contribution in [0.2, 0.25) is 0 Å². The molecule has 0 amide bonds. The second kappa shape index (κ2) is 5.54. The molecule has 0 aliphatic heterocycles. The van der Waals surface area contributed by atoms with Gasteiger partial charge in [0.2, 0.25) is 0 Å². The van der Waals surface area contributed by atoms with Crippen molar-refractivity contribution in [3.8, 4) is 11.5 Å². The number of aromatic nitrogens is 1. The van der Waals surface area contributed by atoms with Crippen molar-refractivity contribution in [2.24, 2.45) is 0 Å². The summed E-state index contributed by atoms with van der Waals surface area (Å²) in [6, 6.07) is 5.68. The second-order valence-corrected chi connectivity index (χ2v) is 4.12. The van der Waals surface area contributed by atoms with Crippen molar-refractivity contribution >= 4 is 17.0 Å². The lowest BCUT2D eigenvalue weighted by atomic mass is 10.2. The van der Waals surface area contributed by atoms with Crippen LogP contribution in [0.3, 0.4) is 0 Å². The van der Waals surface area contributed by atoms with Gasteiger partial charge in [-0.15, -0.1) is 11.3 Å². The van der Waals surface area contributed by atoms with E-state index in [9.17, 15) is 0 Å². The number of thiazole rings is 1. The zero-order valence-electron chi connectivity index (χ0n) is 9.77. The van der Waals surface area contributed by atoms with Crippen LogP contribution in [-0.2, 0) is 6.54 Å². The fraction of sp³-hybridized carbons (Fsp3) is 0.250. The van der Waals surface area contributed by atoms with Gasteiger partial charge in [0.15, 0.2) is 0 Å². The fourth-order valence-corrected chi connectivity index (χ4v) is 2.01. The molecule has 17 heavy (non-hydrogen) atoms. The van der Waals surface area contributed by atoms with Gasteiger partial charge in [0.05, 0.1) is 37.7 Å². The molecule has 5 heteroatoms. The van der Waals surface area contributed by atoms with Crippen molar-refractivity contribution < 1.29 is 9.47 Å². The molecular weight excluding hydrogens is 236 g/mol. The molecule has 0 bridgehead atoms. The molecule has 1 N–H and O–H groups in total. The van der Waals surface area contributed by atoms with Gasteiger partial charge in [-0.05, 0) is 12.1 Å². The van der Waals surface area contributed by atoms with Crippen molar-refractivity contribution in [3.63, 3.8) is 0 Å². The average Bonchev–Trinajstić information content (AvgIpc) is 2.89. The molecule has 2 rings (SSSR count). The van der Waals surface area contributed by atoms with Gasteiger partial charge in [-0.25, -0.2) is 4.98 Å². The van der Waals surface area contributed by atoms with Crippen molar-refractivity contribution in [1.29, 1.82) is 0 Å². The highest BCUT2D eigenvalue weighted by Crippen LogP contribution is 2.29. The lowest BCUT2D eigenvalue weighted by Crippen LogP contribution is -2.01. The summed E-state index contributed by atoms with van der Waals surface area (Å²) in [4.78, 5) is 4.21. The van der Waals surface area contributed by atoms with Crippen molar-refractivity contribution in [3.05, 3.63) is 34.8 Å². The Kier molecular flexibility index (Phi) is 3.82. The van der Waals surface area contributed by atoms with Crippen LogP contribution in [0, 0.1) is 0 Å². The number of rotatable bonds is 5. The van der Waals surface area contributed by atoms with E-state index in [2.05, 4.69) is 10.3 Å². The predicted molar refractivity (Wildman–Crippen MR) is 69.0 cm³/mol. The Labute approximate surface area is 104 Å². The highest BCUT2D eigenvalue weighted by molar-refractivity contribution is 7.07. The quantitative estimate of drug-likeness (QED) is 0.886. The van der Waals surface area contributed by atoms with E-state index in [1.54, 1.807) is 25.6 Å². The van der Waals surface area contributed by atoms with Crippen molar-refractivity contribution in [2.75, 3.05) is 19.5 Å². The Morgan fingerprint density at radius 3 is 2.82 bits per heavy atom. The molecule has 0 saturated carbocycles. The first-order valence-corrected chi connectivity index (χ1v) is 6.10. The molecule has 0 aliphatic rings. The highest BCUT2D eigenvalue weighted by atomic mass is 32.1. The summed E-state index contributed by atoms with van der Waals surface area (Å²) in [6.45, 7) is 0.687. The van der Waals surface area contributed by atoms with Crippen molar-refractivity contribution in [1.82, 2.24) is 4.98 Å². The number of methoxy groups -OCH3 is 2. The first-order chi connectivity index (χ1) is 8.33. The summed E-state index contributed by atoms with van der Waals surface area (Å²) >= 11 is 1.59. The van der Waals surface area contributed by atoms with Crippen LogP contribution in [0.5, 0.6) is 11.5 Å². The number of nitrogens with zero attached hydrogens (tertiary/aromatic N) is 1. The SMILES string of the molecule is COc1ccc(NCc2cscn2)c(OC)c1. The number of hydrogen-bond donors (Lipinski definition) is 1. The monoisotopic (exact) mass is 250 g/mol. The van der Waals surface area contributed by atoms with E-state index in [0.717, 1.165) is 22.9 Å². The summed E-state index contributed by atoms with van der Waals surface area (Å²) in [5, 5.41) is 5.30. The number of nitrogens with one attached hydrogen (secondary N) is 1. The van der Waals surface area contributed by atoms with E-state index >= 15 is 0 Å². The minimum absolute atomic E-state index is 0.687. The zero-order valence-corrected chi connectivity index (χ0v) is 10.6. The zero-order chi connectivity index (χ0) is 12.1. The minimum atomic E-state index is 0.687. The maximum absolute atomic E-state index is 5.30. The fourth-order valence-electron chi connectivity index (χ4n) is 1.46. The lowest BCUT2D eigenvalue weighted by Gasteiger charge is -2.11. The van der Waals surface area contributed by atoms with Gasteiger partial charge in [-0.1, -0.05) is 0 Å². The molecule has 1 heterocycles. The second-order valence-electron chi connectivity index (χ2n) is 3.40. The topological polar surface area (TPSA) is 43.4 Å².